The van der Waals surface area contributed by atoms with Crippen LogP contribution in [0.1, 0.15) is 10.5 Å². The predicted molar refractivity (Wildman–Crippen MR) is 70.0 cm³/mol. The van der Waals surface area contributed by atoms with E-state index in [1.807, 2.05) is 0 Å². The van der Waals surface area contributed by atoms with Crippen LogP contribution in [0.15, 0.2) is 12.1 Å². The van der Waals surface area contributed by atoms with Crippen molar-refractivity contribution in [2.45, 2.75) is 0 Å². The molecule has 0 bridgehead atoms. The minimum absolute atomic E-state index is 0.00627. The molecule has 0 saturated carbocycles. The lowest BCUT2D eigenvalue weighted by molar-refractivity contribution is 0.0996. The van der Waals surface area contributed by atoms with Gasteiger partial charge in [0.1, 0.15) is 22.9 Å². The second kappa shape index (κ2) is 5.47. The van der Waals surface area contributed by atoms with Gasteiger partial charge in [0, 0.05) is 12.1 Å². The molecule has 0 spiro atoms. The van der Waals surface area contributed by atoms with Gasteiger partial charge in [-0.1, -0.05) is 0 Å². The number of aromatic amines is 1. The van der Waals surface area contributed by atoms with Crippen LogP contribution in [-0.4, -0.2) is 42.6 Å². The molecule has 20 heavy (non-hydrogen) atoms. The number of nitrogens with two attached hydrogens (primary N) is 1. The number of H-pyrrole nitrogens is 1. The Morgan fingerprint density at radius 2 is 1.70 bits per heavy atom. The summed E-state index contributed by atoms with van der Waals surface area (Å²) in [5.74, 6) is 0.704. The van der Waals surface area contributed by atoms with E-state index in [0.717, 1.165) is 0 Å². The number of ether oxygens (including phenoxy) is 3. The molecular weight excluding hydrogens is 264 g/mol. The molecule has 1 aromatic heterocycles. The Kier molecular flexibility index (Phi) is 3.74. The summed E-state index contributed by atoms with van der Waals surface area (Å²) in [5.41, 5.74) is 6.00. The molecule has 0 fully saturated rings. The van der Waals surface area contributed by atoms with Gasteiger partial charge in [0.2, 0.25) is 0 Å². The van der Waals surface area contributed by atoms with Gasteiger partial charge in [-0.3, -0.25) is 4.79 Å². The van der Waals surface area contributed by atoms with Crippen LogP contribution in [0, 0.1) is 0 Å². The lowest BCUT2D eigenvalue weighted by atomic mass is 10.1. The number of nitrogens with zero attached hydrogens (tertiary/aromatic N) is 2. The smallest absolute Gasteiger partial charge is 0.271 e. The van der Waals surface area contributed by atoms with Gasteiger partial charge in [-0.25, -0.2) is 0 Å². The number of carbonyl (C=O) groups excluding carboxylic acids is 1. The Balaban J connectivity index is 2.71. The van der Waals surface area contributed by atoms with Crippen LogP contribution in [-0.2, 0) is 0 Å². The van der Waals surface area contributed by atoms with Gasteiger partial charge in [0.05, 0.1) is 26.9 Å². The summed E-state index contributed by atoms with van der Waals surface area (Å²) in [6, 6.07) is 3.30. The molecule has 3 N–H and O–H groups in total. The monoisotopic (exact) mass is 278 g/mol. The molecular formula is C12H14N4O4. The van der Waals surface area contributed by atoms with E-state index in [-0.39, 0.29) is 11.4 Å². The molecule has 0 aliphatic heterocycles. The van der Waals surface area contributed by atoms with Crippen molar-refractivity contribution in [3.05, 3.63) is 17.8 Å². The first-order valence-electron chi connectivity index (χ1n) is 5.63. The summed E-state index contributed by atoms with van der Waals surface area (Å²) in [7, 11) is 4.50. The van der Waals surface area contributed by atoms with Gasteiger partial charge >= 0.3 is 0 Å². The Labute approximate surface area is 114 Å². The molecule has 1 heterocycles. The maximum absolute atomic E-state index is 11.4. The number of hydrogen-bond acceptors (Lipinski definition) is 6. The van der Waals surface area contributed by atoms with Gasteiger partial charge in [0.25, 0.3) is 5.91 Å². The number of carbonyl (C=O) groups is 1. The van der Waals surface area contributed by atoms with Crippen LogP contribution in [0.25, 0.3) is 11.3 Å². The van der Waals surface area contributed by atoms with Crippen molar-refractivity contribution in [1.29, 1.82) is 0 Å². The second-order valence-corrected chi connectivity index (χ2v) is 3.79. The fourth-order valence-electron chi connectivity index (χ4n) is 1.82. The molecule has 0 unspecified atom stereocenters. The van der Waals surface area contributed by atoms with E-state index >= 15 is 0 Å². The molecule has 0 aliphatic carbocycles. The number of amides is 1. The van der Waals surface area contributed by atoms with E-state index in [4.69, 9.17) is 19.9 Å². The second-order valence-electron chi connectivity index (χ2n) is 3.79. The van der Waals surface area contributed by atoms with Crippen molar-refractivity contribution in [2.24, 2.45) is 5.73 Å². The number of benzene rings is 1. The quantitative estimate of drug-likeness (QED) is 0.828. The number of methoxy groups -OCH3 is 3. The maximum Gasteiger partial charge on any atom is 0.271 e. The first-order valence-corrected chi connectivity index (χ1v) is 5.63. The van der Waals surface area contributed by atoms with Gasteiger partial charge in [-0.15, -0.1) is 0 Å². The first kappa shape index (κ1) is 13.7. The molecule has 0 aliphatic rings. The molecule has 0 radical (unpaired) electrons. The molecule has 2 rings (SSSR count). The largest absolute Gasteiger partial charge is 0.496 e. The number of hydrogen-bond donors (Lipinski definition) is 2. The van der Waals surface area contributed by atoms with Gasteiger partial charge in [-0.05, 0) is 0 Å². The molecule has 8 nitrogen and oxygen atoms in total. The van der Waals surface area contributed by atoms with E-state index in [1.54, 1.807) is 12.1 Å². The standard InChI is InChI=1S/C12H14N4O4/c1-18-6-4-7(19-2)9(8(5-6)20-3)10-11(12(13)17)15-16-14-10/h4-5H,1-3H3,(H2,13,17)(H,14,15,16). The van der Waals surface area contributed by atoms with Crippen molar-refractivity contribution in [3.8, 4) is 28.5 Å². The molecule has 8 heteroatoms. The lowest BCUT2D eigenvalue weighted by Crippen LogP contribution is -2.13. The Bertz CT molecular complexity index is 613. The number of rotatable bonds is 5. The van der Waals surface area contributed by atoms with Crippen molar-refractivity contribution in [1.82, 2.24) is 15.4 Å². The Morgan fingerprint density at radius 3 is 2.15 bits per heavy atom. The lowest BCUT2D eigenvalue weighted by Gasteiger charge is -2.13. The normalized spacial score (nSPS) is 10.2. The highest BCUT2D eigenvalue weighted by molar-refractivity contribution is 5.98. The zero-order valence-electron chi connectivity index (χ0n) is 11.3. The molecule has 106 valence electrons. The topological polar surface area (TPSA) is 112 Å². The molecule has 0 atom stereocenters. The summed E-state index contributed by atoms with van der Waals surface area (Å²) in [6.45, 7) is 0. The van der Waals surface area contributed by atoms with E-state index in [1.165, 1.54) is 21.3 Å². The van der Waals surface area contributed by atoms with Crippen molar-refractivity contribution < 1.29 is 19.0 Å². The average molecular weight is 278 g/mol. The zero-order chi connectivity index (χ0) is 14.7. The first-order chi connectivity index (χ1) is 9.62. The number of primary amides is 1. The third kappa shape index (κ3) is 2.22. The fraction of sp³-hybridized carbons (Fsp3) is 0.250. The van der Waals surface area contributed by atoms with Crippen molar-refractivity contribution in [3.63, 3.8) is 0 Å². The number of aromatic nitrogens is 3. The van der Waals surface area contributed by atoms with Gasteiger partial charge < -0.3 is 19.9 Å². The van der Waals surface area contributed by atoms with Crippen LogP contribution < -0.4 is 19.9 Å². The average Bonchev–Trinajstić information content (AvgIpc) is 2.94. The third-order valence-electron chi connectivity index (χ3n) is 2.73. The van der Waals surface area contributed by atoms with E-state index in [2.05, 4.69) is 15.4 Å². The molecule has 1 aromatic carbocycles. The summed E-state index contributed by atoms with van der Waals surface area (Å²) < 4.78 is 15.7. The Hall–Kier alpha value is -2.77. The van der Waals surface area contributed by atoms with Crippen LogP contribution in [0.4, 0.5) is 0 Å². The van der Waals surface area contributed by atoms with Crippen LogP contribution in [0.2, 0.25) is 0 Å². The summed E-state index contributed by atoms with van der Waals surface area (Å²) in [5, 5.41) is 10.0. The van der Waals surface area contributed by atoms with Crippen LogP contribution in [0.5, 0.6) is 17.2 Å². The molecule has 0 saturated heterocycles. The minimum atomic E-state index is -0.700. The SMILES string of the molecule is COc1cc(OC)c(-c2n[nH]nc2C(N)=O)c(OC)c1. The zero-order valence-corrected chi connectivity index (χ0v) is 11.3. The van der Waals surface area contributed by atoms with Crippen LogP contribution in [0.3, 0.4) is 0 Å². The highest BCUT2D eigenvalue weighted by Crippen LogP contribution is 2.41. The number of nitrogens with one attached hydrogen (secondary N) is 1. The highest BCUT2D eigenvalue weighted by atomic mass is 16.5. The molecule has 2 aromatic rings. The minimum Gasteiger partial charge on any atom is -0.496 e. The van der Waals surface area contributed by atoms with Crippen molar-refractivity contribution >= 4 is 5.91 Å². The maximum atomic E-state index is 11.4. The molecule has 1 amide bonds. The van der Waals surface area contributed by atoms with Gasteiger partial charge in [-0.2, -0.15) is 15.4 Å². The van der Waals surface area contributed by atoms with E-state index in [9.17, 15) is 4.79 Å². The third-order valence-corrected chi connectivity index (χ3v) is 2.73. The van der Waals surface area contributed by atoms with E-state index < -0.39 is 5.91 Å². The highest BCUT2D eigenvalue weighted by Gasteiger charge is 2.23. The van der Waals surface area contributed by atoms with E-state index in [0.29, 0.717) is 22.8 Å². The fourth-order valence-corrected chi connectivity index (χ4v) is 1.82. The Morgan fingerprint density at radius 1 is 1.10 bits per heavy atom. The summed E-state index contributed by atoms with van der Waals surface area (Å²) in [6.07, 6.45) is 0. The predicted octanol–water partition coefficient (Wildman–Crippen LogP) is 0.596. The van der Waals surface area contributed by atoms with Crippen molar-refractivity contribution in [2.75, 3.05) is 21.3 Å². The summed E-state index contributed by atoms with van der Waals surface area (Å²) in [4.78, 5) is 11.4. The summed E-state index contributed by atoms with van der Waals surface area (Å²) >= 11 is 0. The van der Waals surface area contributed by atoms with Gasteiger partial charge in [0.15, 0.2) is 5.69 Å². The van der Waals surface area contributed by atoms with Crippen LogP contribution >= 0.6 is 0 Å².